The zero-order valence-electron chi connectivity index (χ0n) is 39.3. The summed E-state index contributed by atoms with van der Waals surface area (Å²) in [6.45, 7) is 15.4. The zero-order valence-corrected chi connectivity index (χ0v) is 39.3. The molecule has 0 bridgehead atoms. The summed E-state index contributed by atoms with van der Waals surface area (Å²) in [5, 5.41) is 132. The van der Waals surface area contributed by atoms with Crippen molar-refractivity contribution in [3.05, 3.63) is 11.6 Å². The summed E-state index contributed by atoms with van der Waals surface area (Å²) in [5.41, 5.74) is -1.62. The van der Waals surface area contributed by atoms with Crippen LogP contribution in [0.3, 0.4) is 0 Å². The van der Waals surface area contributed by atoms with Crippen LogP contribution in [0.2, 0.25) is 0 Å². The predicted octanol–water partition coefficient (Wildman–Crippen LogP) is -0.417. The van der Waals surface area contributed by atoms with Gasteiger partial charge in [0.05, 0.1) is 43.7 Å². The summed E-state index contributed by atoms with van der Waals surface area (Å²) in [6.07, 6.45) is -17.2. The quantitative estimate of drug-likeness (QED) is 0.111. The van der Waals surface area contributed by atoms with Gasteiger partial charge in [0.15, 0.2) is 18.9 Å². The molecular formula is C47H80O18. The molecule has 0 aromatic rings. The van der Waals surface area contributed by atoms with Crippen LogP contribution in [0.4, 0.5) is 0 Å². The summed E-state index contributed by atoms with van der Waals surface area (Å²) in [6, 6.07) is 0. The van der Waals surface area contributed by atoms with Crippen LogP contribution in [0.5, 0.6) is 0 Å². The number of rotatable bonds is 12. The lowest BCUT2D eigenvalue weighted by Gasteiger charge is -2.71. The van der Waals surface area contributed by atoms with Crippen LogP contribution in [0.15, 0.2) is 11.6 Å². The Morgan fingerprint density at radius 1 is 0.646 bits per heavy atom. The van der Waals surface area contributed by atoms with Gasteiger partial charge < -0.3 is 89.7 Å². The third kappa shape index (κ3) is 8.94. The van der Waals surface area contributed by atoms with E-state index in [1.54, 1.807) is 0 Å². The minimum absolute atomic E-state index is 0.0746. The minimum atomic E-state index is -1.80. The first-order valence-electron chi connectivity index (χ1n) is 23.9. The number of hydrogen-bond acceptors (Lipinski definition) is 18. The average molecular weight is 933 g/mol. The molecule has 0 spiro atoms. The Kier molecular flexibility index (Phi) is 15.1. The highest BCUT2D eigenvalue weighted by molar-refractivity contribution is 5.22. The third-order valence-electron chi connectivity index (χ3n) is 18.3. The van der Waals surface area contributed by atoms with E-state index in [0.717, 1.165) is 18.4 Å². The molecule has 7 aliphatic rings. The van der Waals surface area contributed by atoms with Crippen LogP contribution in [-0.2, 0) is 28.4 Å². The highest BCUT2D eigenvalue weighted by Gasteiger charge is 2.73. The summed E-state index contributed by atoms with van der Waals surface area (Å²) in [4.78, 5) is 0. The van der Waals surface area contributed by atoms with Crippen molar-refractivity contribution in [2.45, 2.75) is 217 Å². The lowest BCUT2D eigenvalue weighted by Crippen LogP contribution is -2.70. The van der Waals surface area contributed by atoms with Gasteiger partial charge in [-0.05, 0) is 117 Å². The van der Waals surface area contributed by atoms with Crippen molar-refractivity contribution in [3.8, 4) is 0 Å². The largest absolute Gasteiger partial charge is 0.393 e. The lowest BCUT2D eigenvalue weighted by molar-refractivity contribution is -0.352. The fraction of sp³-hybridized carbons (Fsp3) is 0.957. The Morgan fingerprint density at radius 2 is 1.22 bits per heavy atom. The zero-order chi connectivity index (χ0) is 47.9. The summed E-state index contributed by atoms with van der Waals surface area (Å²) < 4.78 is 35.4. The van der Waals surface area contributed by atoms with E-state index in [4.69, 9.17) is 28.4 Å². The Labute approximate surface area is 382 Å². The van der Waals surface area contributed by atoms with Gasteiger partial charge in [0.25, 0.3) is 0 Å². The van der Waals surface area contributed by atoms with Crippen molar-refractivity contribution in [3.63, 3.8) is 0 Å². The molecule has 25 atom stereocenters. The molecule has 3 aliphatic heterocycles. The molecule has 4 aliphatic carbocycles. The van der Waals surface area contributed by atoms with Crippen LogP contribution >= 0.6 is 0 Å². The van der Waals surface area contributed by atoms with Gasteiger partial charge in [-0.3, -0.25) is 0 Å². The molecule has 376 valence electrons. The molecule has 7 fully saturated rings. The SMILES string of the molecule is CC(C)=CCC[C@](C)(O[C@@H]1O[C@H](CO[C@@H]2O[C@H](CO[C@@H]3OC[C@@H](O)[C@H](O)[C@H]3O)[C@@H](O)[C@H](O)[C@H]2O)[C@@H](O)[C@H](O)[C@H]1O)[C@H]1CC[C@]2(C)[C@@H]1[C@H](O)C[C@@H]1[C@@]3(C)CC[C@H](O)C(C)(C)[C@@H]3[C@@H](O)C[C@]12C. The number of aliphatic hydroxyl groups excluding tert-OH is 12. The molecule has 0 aromatic carbocycles. The molecule has 0 amide bonds. The van der Waals surface area contributed by atoms with Crippen LogP contribution in [-0.4, -0.2) is 191 Å². The summed E-state index contributed by atoms with van der Waals surface area (Å²) in [5.74, 6) is -0.616. The maximum Gasteiger partial charge on any atom is 0.187 e. The van der Waals surface area contributed by atoms with Gasteiger partial charge in [-0.1, -0.05) is 46.3 Å². The number of allylic oxidation sites excluding steroid dienone is 2. The molecular weight excluding hydrogens is 852 g/mol. The summed E-state index contributed by atoms with van der Waals surface area (Å²) >= 11 is 0. The normalized spacial score (nSPS) is 53.0. The van der Waals surface area contributed by atoms with E-state index in [-0.39, 0.29) is 41.1 Å². The number of fused-ring (bicyclic) bond motifs is 5. The number of aliphatic hydroxyl groups is 12. The first-order valence-corrected chi connectivity index (χ1v) is 23.9. The van der Waals surface area contributed by atoms with Crippen LogP contribution in [0.25, 0.3) is 0 Å². The second-order valence-electron chi connectivity index (χ2n) is 22.7. The van der Waals surface area contributed by atoms with Crippen molar-refractivity contribution < 1.29 is 89.7 Å². The molecule has 0 radical (unpaired) electrons. The Hall–Kier alpha value is -0.980. The third-order valence-corrected chi connectivity index (χ3v) is 18.3. The van der Waals surface area contributed by atoms with Crippen LogP contribution < -0.4 is 0 Å². The first kappa shape index (κ1) is 51.9. The molecule has 3 heterocycles. The monoisotopic (exact) mass is 933 g/mol. The van der Waals surface area contributed by atoms with Gasteiger partial charge in [0, 0.05) is 0 Å². The average Bonchev–Trinajstić information content (AvgIpc) is 3.62. The Morgan fingerprint density at radius 3 is 1.83 bits per heavy atom. The number of hydrogen-bond donors (Lipinski definition) is 12. The van der Waals surface area contributed by atoms with Gasteiger partial charge in [-0.15, -0.1) is 0 Å². The molecule has 18 nitrogen and oxygen atoms in total. The van der Waals surface area contributed by atoms with Crippen molar-refractivity contribution in [2.75, 3.05) is 19.8 Å². The maximum atomic E-state index is 12.5. The van der Waals surface area contributed by atoms with E-state index in [0.29, 0.717) is 38.5 Å². The highest BCUT2D eigenvalue weighted by Crippen LogP contribution is 2.76. The van der Waals surface area contributed by atoms with E-state index < -0.39 is 134 Å². The van der Waals surface area contributed by atoms with Gasteiger partial charge in [-0.2, -0.15) is 0 Å². The second-order valence-corrected chi connectivity index (χ2v) is 22.7. The fourth-order valence-electron chi connectivity index (χ4n) is 14.5. The van der Waals surface area contributed by atoms with Crippen molar-refractivity contribution in [1.82, 2.24) is 0 Å². The molecule has 12 N–H and O–H groups in total. The van der Waals surface area contributed by atoms with Crippen LogP contribution in [0, 0.1) is 45.3 Å². The molecule has 0 unspecified atom stereocenters. The highest BCUT2D eigenvalue weighted by atomic mass is 16.7. The molecule has 7 rings (SSSR count). The van der Waals surface area contributed by atoms with Crippen molar-refractivity contribution >= 4 is 0 Å². The fourth-order valence-corrected chi connectivity index (χ4v) is 14.5. The predicted molar refractivity (Wildman–Crippen MR) is 229 cm³/mol. The molecule has 18 heteroatoms. The van der Waals surface area contributed by atoms with E-state index in [1.807, 2.05) is 20.8 Å². The smallest absolute Gasteiger partial charge is 0.187 e. The second kappa shape index (κ2) is 19.0. The van der Waals surface area contributed by atoms with Gasteiger partial charge in [0.2, 0.25) is 0 Å². The van der Waals surface area contributed by atoms with Gasteiger partial charge in [0.1, 0.15) is 67.1 Å². The topological polar surface area (TPSA) is 298 Å². The van der Waals surface area contributed by atoms with Gasteiger partial charge >= 0.3 is 0 Å². The van der Waals surface area contributed by atoms with E-state index >= 15 is 0 Å². The Balaban J connectivity index is 1.09. The first-order chi connectivity index (χ1) is 30.2. The standard InChI is InChI=1S/C47H80O18/c1-21(2)10-9-13-47(8,22-11-15-45(6)30(22)23(48)16-28-44(5)14-12-29(51)43(3,4)39(44)24(49)17-46(28,45)7)65-42-38(59)35(56)33(54)27(64-42)20-62-41-37(58)34(55)32(53)26(63-41)19-61-40-36(57)31(52)25(50)18-60-40/h10,22-42,48-59H,9,11-20H2,1-8H3/t22-,23+,24-,25+,26+,27+,28+,29-,30-,31-,32+,33+,34-,35-,36+,37+,38+,39-,40-,41+,42-,44+,45+,46+,47-/m0/s1. The van der Waals surface area contributed by atoms with Gasteiger partial charge in [-0.25, -0.2) is 0 Å². The molecule has 4 saturated carbocycles. The Bertz CT molecular complexity index is 1670. The van der Waals surface area contributed by atoms with E-state index in [9.17, 15) is 61.3 Å². The number of ether oxygens (including phenoxy) is 6. The molecule has 3 saturated heterocycles. The molecule has 65 heavy (non-hydrogen) atoms. The van der Waals surface area contributed by atoms with Crippen LogP contribution in [0.1, 0.15) is 107 Å². The van der Waals surface area contributed by atoms with E-state index in [1.165, 1.54) is 0 Å². The van der Waals surface area contributed by atoms with Crippen molar-refractivity contribution in [1.29, 1.82) is 0 Å². The minimum Gasteiger partial charge on any atom is -0.393 e. The van der Waals surface area contributed by atoms with E-state index in [2.05, 4.69) is 40.7 Å². The summed E-state index contributed by atoms with van der Waals surface area (Å²) in [7, 11) is 0. The lowest BCUT2D eigenvalue weighted by atomic mass is 9.34. The molecule has 0 aromatic heterocycles. The maximum absolute atomic E-state index is 12.5. The van der Waals surface area contributed by atoms with Crippen molar-refractivity contribution in [2.24, 2.45) is 45.3 Å².